The van der Waals surface area contributed by atoms with E-state index in [1.165, 1.54) is 4.57 Å². The lowest BCUT2D eigenvalue weighted by atomic mass is 10.1. The third-order valence-corrected chi connectivity index (χ3v) is 2.94. The number of hydrogen-bond donors (Lipinski definition) is 1. The highest BCUT2D eigenvalue weighted by Gasteiger charge is 2.08. The number of anilines is 1. The van der Waals surface area contributed by atoms with Crippen molar-refractivity contribution in [2.45, 2.75) is 0 Å². The van der Waals surface area contributed by atoms with Crippen molar-refractivity contribution in [3.8, 4) is 17.5 Å². The van der Waals surface area contributed by atoms with Gasteiger partial charge in [-0.1, -0.05) is 0 Å². The maximum absolute atomic E-state index is 11.4. The number of benzene rings is 1. The fourth-order valence-electron chi connectivity index (χ4n) is 1.90. The van der Waals surface area contributed by atoms with Gasteiger partial charge in [-0.3, -0.25) is 9.88 Å². The van der Waals surface area contributed by atoms with Gasteiger partial charge in [0.2, 0.25) is 0 Å². The Balaban J connectivity index is 2.07. The standard InChI is InChI=1S/C13H9N5O2/c1-18-10-6-8(2-4-11(10)20-13(18)19)9-3-5-12(15-7-14)17-16-9/h2-6H,1H3,(H,15,17). The van der Waals surface area contributed by atoms with Crippen molar-refractivity contribution in [3.05, 3.63) is 40.9 Å². The smallest absolute Gasteiger partial charge is 0.408 e. The first-order valence-electron chi connectivity index (χ1n) is 5.78. The number of fused-ring (bicyclic) bond motifs is 1. The zero-order valence-electron chi connectivity index (χ0n) is 10.5. The van der Waals surface area contributed by atoms with Gasteiger partial charge >= 0.3 is 5.76 Å². The number of nitrogens with one attached hydrogen (secondary N) is 1. The van der Waals surface area contributed by atoms with E-state index < -0.39 is 5.76 Å². The van der Waals surface area contributed by atoms with Crippen LogP contribution in [0, 0.1) is 11.5 Å². The van der Waals surface area contributed by atoms with Crippen LogP contribution in [0.4, 0.5) is 5.82 Å². The van der Waals surface area contributed by atoms with Crippen molar-refractivity contribution in [1.82, 2.24) is 14.8 Å². The van der Waals surface area contributed by atoms with Gasteiger partial charge in [0.15, 0.2) is 17.6 Å². The van der Waals surface area contributed by atoms with Crippen LogP contribution in [0.5, 0.6) is 0 Å². The van der Waals surface area contributed by atoms with Crippen molar-refractivity contribution in [2.75, 3.05) is 5.32 Å². The van der Waals surface area contributed by atoms with Crippen LogP contribution in [-0.2, 0) is 7.05 Å². The summed E-state index contributed by atoms with van der Waals surface area (Å²) in [5.74, 6) is -0.0233. The van der Waals surface area contributed by atoms with Gasteiger partial charge in [0, 0.05) is 12.6 Å². The molecule has 20 heavy (non-hydrogen) atoms. The van der Waals surface area contributed by atoms with E-state index in [9.17, 15) is 4.79 Å². The topological polar surface area (TPSA) is 96.7 Å². The lowest BCUT2D eigenvalue weighted by Gasteiger charge is -2.01. The molecule has 3 rings (SSSR count). The summed E-state index contributed by atoms with van der Waals surface area (Å²) in [5, 5.41) is 18.8. The van der Waals surface area contributed by atoms with Crippen molar-refractivity contribution < 1.29 is 4.42 Å². The van der Waals surface area contributed by atoms with Crippen LogP contribution in [0.1, 0.15) is 0 Å². The molecule has 1 N–H and O–H groups in total. The van der Waals surface area contributed by atoms with E-state index in [-0.39, 0.29) is 0 Å². The quantitative estimate of drug-likeness (QED) is 0.558. The van der Waals surface area contributed by atoms with Crippen LogP contribution in [0.15, 0.2) is 39.5 Å². The van der Waals surface area contributed by atoms with Gasteiger partial charge in [0.25, 0.3) is 0 Å². The zero-order chi connectivity index (χ0) is 14.1. The summed E-state index contributed by atoms with van der Waals surface area (Å²) in [4.78, 5) is 11.4. The molecule has 7 nitrogen and oxygen atoms in total. The molecule has 2 heterocycles. The van der Waals surface area contributed by atoms with E-state index in [4.69, 9.17) is 9.68 Å². The summed E-state index contributed by atoms with van der Waals surface area (Å²) in [6, 6.07) is 8.72. The Morgan fingerprint density at radius 3 is 2.85 bits per heavy atom. The minimum Gasteiger partial charge on any atom is -0.408 e. The van der Waals surface area contributed by atoms with Crippen LogP contribution in [0.25, 0.3) is 22.4 Å². The van der Waals surface area contributed by atoms with Gasteiger partial charge in [-0.15, -0.1) is 10.2 Å². The monoisotopic (exact) mass is 267 g/mol. The Morgan fingerprint density at radius 2 is 2.15 bits per heavy atom. The number of aryl methyl sites for hydroxylation is 1. The molecule has 0 aliphatic heterocycles. The Labute approximate surface area is 113 Å². The maximum atomic E-state index is 11.4. The molecule has 0 saturated heterocycles. The van der Waals surface area contributed by atoms with Crippen molar-refractivity contribution in [3.63, 3.8) is 0 Å². The number of hydrogen-bond acceptors (Lipinski definition) is 6. The molecule has 0 saturated carbocycles. The molecule has 0 spiro atoms. The molecule has 1 aromatic carbocycles. The van der Waals surface area contributed by atoms with Crippen molar-refractivity contribution in [2.24, 2.45) is 7.05 Å². The SMILES string of the molecule is Cn1c(=O)oc2ccc(-c3ccc(NC#N)nn3)cc21. The zero-order valence-corrected chi connectivity index (χ0v) is 10.5. The molecule has 7 heteroatoms. The van der Waals surface area contributed by atoms with E-state index in [1.807, 2.05) is 6.07 Å². The minimum absolute atomic E-state index is 0.382. The first-order valence-corrected chi connectivity index (χ1v) is 5.78. The molecular weight excluding hydrogens is 258 g/mol. The highest BCUT2D eigenvalue weighted by Crippen LogP contribution is 2.22. The highest BCUT2D eigenvalue weighted by molar-refractivity contribution is 5.79. The summed E-state index contributed by atoms with van der Waals surface area (Å²) in [6.45, 7) is 0. The third kappa shape index (κ3) is 1.89. The number of aromatic nitrogens is 3. The van der Waals surface area contributed by atoms with Crippen molar-refractivity contribution in [1.29, 1.82) is 5.26 Å². The third-order valence-electron chi connectivity index (χ3n) is 2.94. The van der Waals surface area contributed by atoms with E-state index in [0.29, 0.717) is 22.6 Å². The second kappa shape index (κ2) is 4.51. The van der Waals surface area contributed by atoms with Crippen LogP contribution >= 0.6 is 0 Å². The second-order valence-corrected chi connectivity index (χ2v) is 4.15. The van der Waals surface area contributed by atoms with E-state index in [1.54, 1.807) is 37.5 Å². The lowest BCUT2D eigenvalue weighted by molar-refractivity contribution is 0.528. The molecule has 0 bridgehead atoms. The predicted octanol–water partition coefficient (Wildman–Crippen LogP) is 1.48. The first kappa shape index (κ1) is 11.9. The molecule has 98 valence electrons. The predicted molar refractivity (Wildman–Crippen MR) is 71.7 cm³/mol. The van der Waals surface area contributed by atoms with Gasteiger partial charge in [0.1, 0.15) is 0 Å². The van der Waals surface area contributed by atoms with Crippen LogP contribution in [-0.4, -0.2) is 14.8 Å². The molecule has 0 amide bonds. The molecule has 2 aromatic heterocycles. The molecule has 3 aromatic rings. The summed E-state index contributed by atoms with van der Waals surface area (Å²) in [7, 11) is 1.64. The number of nitriles is 1. The number of rotatable bonds is 2. The summed E-state index contributed by atoms with van der Waals surface area (Å²) in [6.07, 6.45) is 1.77. The average molecular weight is 267 g/mol. The fourth-order valence-corrected chi connectivity index (χ4v) is 1.90. The molecule has 0 unspecified atom stereocenters. The minimum atomic E-state index is -0.406. The molecule has 0 aliphatic rings. The van der Waals surface area contributed by atoms with Gasteiger partial charge in [-0.05, 0) is 30.3 Å². The average Bonchev–Trinajstić information content (AvgIpc) is 2.75. The lowest BCUT2D eigenvalue weighted by Crippen LogP contribution is -2.08. The van der Waals surface area contributed by atoms with E-state index in [2.05, 4.69) is 15.5 Å². The summed E-state index contributed by atoms with van der Waals surface area (Å²) < 4.78 is 6.49. The molecule has 0 fully saturated rings. The highest BCUT2D eigenvalue weighted by atomic mass is 16.4. The Kier molecular flexibility index (Phi) is 2.69. The Hall–Kier alpha value is -3.14. The fraction of sp³-hybridized carbons (Fsp3) is 0.0769. The van der Waals surface area contributed by atoms with Crippen LogP contribution in [0.2, 0.25) is 0 Å². The van der Waals surface area contributed by atoms with Gasteiger partial charge in [0.05, 0.1) is 11.2 Å². The largest absolute Gasteiger partial charge is 0.419 e. The summed E-state index contributed by atoms with van der Waals surface area (Å²) in [5.41, 5.74) is 2.67. The Bertz CT molecular complexity index is 870. The van der Waals surface area contributed by atoms with Gasteiger partial charge in [-0.25, -0.2) is 4.79 Å². The van der Waals surface area contributed by atoms with E-state index in [0.717, 1.165) is 5.56 Å². The van der Waals surface area contributed by atoms with Crippen LogP contribution < -0.4 is 11.1 Å². The summed E-state index contributed by atoms with van der Waals surface area (Å²) >= 11 is 0. The van der Waals surface area contributed by atoms with Gasteiger partial charge in [-0.2, -0.15) is 5.26 Å². The number of oxazole rings is 1. The normalized spacial score (nSPS) is 10.4. The number of nitrogens with zero attached hydrogens (tertiary/aromatic N) is 4. The first-order chi connectivity index (χ1) is 9.69. The second-order valence-electron chi connectivity index (χ2n) is 4.15. The van der Waals surface area contributed by atoms with Crippen molar-refractivity contribution >= 4 is 16.9 Å². The molecular formula is C13H9N5O2. The van der Waals surface area contributed by atoms with Gasteiger partial charge < -0.3 is 4.42 Å². The maximum Gasteiger partial charge on any atom is 0.419 e. The van der Waals surface area contributed by atoms with Crippen LogP contribution in [0.3, 0.4) is 0 Å². The van der Waals surface area contributed by atoms with E-state index >= 15 is 0 Å². The molecule has 0 aliphatic carbocycles. The molecule has 0 radical (unpaired) electrons. The Morgan fingerprint density at radius 1 is 1.30 bits per heavy atom. The molecule has 0 atom stereocenters.